The van der Waals surface area contributed by atoms with Gasteiger partial charge in [-0.2, -0.15) is 0 Å². The molecular weight excluding hydrogens is 192 g/mol. The van der Waals surface area contributed by atoms with E-state index >= 15 is 0 Å². The van der Waals surface area contributed by atoms with E-state index in [9.17, 15) is 0 Å². The van der Waals surface area contributed by atoms with Crippen molar-refractivity contribution in [3.05, 3.63) is 25.3 Å². The van der Waals surface area contributed by atoms with E-state index in [0.29, 0.717) is 12.2 Å². The Balaban J connectivity index is 0.000000280. The maximum Gasteiger partial charge on any atom is 0.104 e. The van der Waals surface area contributed by atoms with Crippen LogP contribution < -0.4 is 0 Å². The second kappa shape index (κ2) is 9.90. The van der Waals surface area contributed by atoms with Gasteiger partial charge < -0.3 is 14.2 Å². The molecule has 2 saturated heterocycles. The summed E-state index contributed by atoms with van der Waals surface area (Å²) in [6, 6.07) is 0. The Morgan fingerprint density at radius 3 is 1.53 bits per heavy atom. The molecule has 2 heterocycles. The molecule has 0 aromatic rings. The van der Waals surface area contributed by atoms with Crippen LogP contribution >= 0.6 is 0 Å². The molecule has 2 aliphatic rings. The zero-order chi connectivity index (χ0) is 11.5. The number of ether oxygens (including phenoxy) is 3. The maximum absolute atomic E-state index is 5.23. The molecule has 0 bridgehead atoms. The minimum Gasteiger partial charge on any atom is -0.376 e. The molecule has 0 aromatic carbocycles. The fourth-order valence-electron chi connectivity index (χ4n) is 0.659. The van der Waals surface area contributed by atoms with Crippen molar-refractivity contribution < 1.29 is 14.2 Å². The third kappa shape index (κ3) is 13.4. The van der Waals surface area contributed by atoms with Crippen molar-refractivity contribution in [3.8, 4) is 0 Å². The van der Waals surface area contributed by atoms with E-state index in [2.05, 4.69) is 13.2 Å². The number of allylic oxidation sites excluding steroid dienone is 2. The van der Waals surface area contributed by atoms with Gasteiger partial charge in [-0.3, -0.25) is 0 Å². The van der Waals surface area contributed by atoms with Crippen LogP contribution in [0.15, 0.2) is 25.3 Å². The molecule has 0 amide bonds. The van der Waals surface area contributed by atoms with Gasteiger partial charge in [-0.05, 0) is 13.8 Å². The van der Waals surface area contributed by atoms with E-state index in [4.69, 9.17) is 14.2 Å². The summed E-state index contributed by atoms with van der Waals surface area (Å²) in [6.07, 6.45) is 4.28. The Morgan fingerprint density at radius 1 is 1.07 bits per heavy atom. The molecule has 15 heavy (non-hydrogen) atoms. The molecule has 2 unspecified atom stereocenters. The largest absolute Gasteiger partial charge is 0.376 e. The second-order valence-corrected chi connectivity index (χ2v) is 3.26. The first-order valence-electron chi connectivity index (χ1n) is 5.23. The lowest BCUT2D eigenvalue weighted by atomic mass is 10.5. The van der Waals surface area contributed by atoms with Gasteiger partial charge in [0, 0.05) is 0 Å². The van der Waals surface area contributed by atoms with Crippen molar-refractivity contribution in [3.63, 3.8) is 0 Å². The number of hydrogen-bond donors (Lipinski definition) is 0. The summed E-state index contributed by atoms with van der Waals surface area (Å²) < 4.78 is 15.1. The molecule has 0 spiro atoms. The first kappa shape index (κ1) is 14.4. The van der Waals surface area contributed by atoms with Crippen molar-refractivity contribution in [2.24, 2.45) is 0 Å². The zero-order valence-corrected chi connectivity index (χ0v) is 9.78. The Morgan fingerprint density at radius 2 is 1.33 bits per heavy atom. The van der Waals surface area contributed by atoms with Gasteiger partial charge in [0.1, 0.15) is 12.2 Å². The molecule has 2 atom stereocenters. The summed E-state index contributed by atoms with van der Waals surface area (Å²) in [5.41, 5.74) is 0. The van der Waals surface area contributed by atoms with Gasteiger partial charge in [0.2, 0.25) is 0 Å². The number of hydrogen-bond acceptors (Lipinski definition) is 3. The van der Waals surface area contributed by atoms with Gasteiger partial charge in [0.15, 0.2) is 0 Å². The molecule has 3 heteroatoms. The fraction of sp³-hybridized carbons (Fsp3) is 0.667. The molecule has 0 radical (unpaired) electrons. The lowest BCUT2D eigenvalue weighted by Gasteiger charge is -1.95. The van der Waals surface area contributed by atoms with Crippen molar-refractivity contribution in [1.82, 2.24) is 0 Å². The third-order valence-corrected chi connectivity index (χ3v) is 1.41. The second-order valence-electron chi connectivity index (χ2n) is 3.26. The molecule has 0 N–H and O–H groups in total. The summed E-state index contributed by atoms with van der Waals surface area (Å²) in [6.45, 7) is 13.8. The Kier molecular flexibility index (Phi) is 9.48. The van der Waals surface area contributed by atoms with Crippen LogP contribution in [0, 0.1) is 0 Å². The van der Waals surface area contributed by atoms with Gasteiger partial charge in [0.05, 0.1) is 26.4 Å². The Bertz CT molecular complexity index is 142. The first-order chi connectivity index (χ1) is 7.28. The zero-order valence-electron chi connectivity index (χ0n) is 9.78. The Labute approximate surface area is 92.7 Å². The smallest absolute Gasteiger partial charge is 0.104 e. The van der Waals surface area contributed by atoms with Crippen LogP contribution in [0.3, 0.4) is 0 Å². The van der Waals surface area contributed by atoms with Crippen LogP contribution in [-0.2, 0) is 14.2 Å². The minimum atomic E-state index is 0.392. The van der Waals surface area contributed by atoms with Crippen LogP contribution in [0.25, 0.3) is 0 Å². The van der Waals surface area contributed by atoms with Crippen molar-refractivity contribution in [1.29, 1.82) is 0 Å². The van der Waals surface area contributed by atoms with Gasteiger partial charge in [-0.25, -0.2) is 0 Å². The average Bonchev–Trinajstić information content (AvgIpc) is 3.01. The maximum atomic E-state index is 5.23. The lowest BCUT2D eigenvalue weighted by molar-refractivity contribution is 0.102. The van der Waals surface area contributed by atoms with E-state index in [-0.39, 0.29) is 0 Å². The highest BCUT2D eigenvalue weighted by Crippen LogP contribution is 2.12. The summed E-state index contributed by atoms with van der Waals surface area (Å²) >= 11 is 0. The third-order valence-electron chi connectivity index (χ3n) is 1.41. The van der Waals surface area contributed by atoms with Crippen LogP contribution in [0.4, 0.5) is 0 Å². The van der Waals surface area contributed by atoms with E-state index in [0.717, 1.165) is 26.4 Å². The van der Waals surface area contributed by atoms with E-state index < -0.39 is 0 Å². The predicted molar refractivity (Wildman–Crippen MR) is 62.0 cm³/mol. The van der Waals surface area contributed by atoms with Crippen LogP contribution in [0.2, 0.25) is 0 Å². The van der Waals surface area contributed by atoms with E-state index in [1.165, 1.54) is 0 Å². The van der Waals surface area contributed by atoms with E-state index in [1.54, 1.807) is 12.2 Å². The standard InChI is InChI=1S/C6H10O3.2C3H6/c1(5-3-8-5)7-2-6-4-9-6;2*1-3-2/h5-6H,1-4H2;2*3H,1H2,2H3. The molecular formula is C12H22O3. The fourth-order valence-corrected chi connectivity index (χ4v) is 0.659. The summed E-state index contributed by atoms with van der Waals surface area (Å²) in [5, 5.41) is 0. The summed E-state index contributed by atoms with van der Waals surface area (Å²) in [5.74, 6) is 0. The van der Waals surface area contributed by atoms with Gasteiger partial charge in [-0.15, -0.1) is 13.2 Å². The highest BCUT2D eigenvalue weighted by molar-refractivity contribution is 4.71. The highest BCUT2D eigenvalue weighted by Gasteiger charge is 2.26. The van der Waals surface area contributed by atoms with E-state index in [1.807, 2.05) is 13.8 Å². The van der Waals surface area contributed by atoms with Crippen LogP contribution in [0.1, 0.15) is 13.8 Å². The van der Waals surface area contributed by atoms with Crippen molar-refractivity contribution >= 4 is 0 Å². The van der Waals surface area contributed by atoms with Crippen molar-refractivity contribution in [2.75, 3.05) is 26.4 Å². The molecule has 2 fully saturated rings. The number of epoxide rings is 2. The highest BCUT2D eigenvalue weighted by atomic mass is 16.6. The summed E-state index contributed by atoms with van der Waals surface area (Å²) in [7, 11) is 0. The molecule has 0 aromatic heterocycles. The predicted octanol–water partition coefficient (Wildman–Crippen LogP) is 2.19. The molecule has 0 saturated carbocycles. The first-order valence-corrected chi connectivity index (χ1v) is 5.23. The topological polar surface area (TPSA) is 34.3 Å². The molecule has 2 aliphatic heterocycles. The molecule has 3 nitrogen and oxygen atoms in total. The van der Waals surface area contributed by atoms with Gasteiger partial charge in [-0.1, -0.05) is 12.2 Å². The van der Waals surface area contributed by atoms with Gasteiger partial charge >= 0.3 is 0 Å². The number of rotatable bonds is 4. The Hall–Kier alpha value is -0.640. The average molecular weight is 214 g/mol. The van der Waals surface area contributed by atoms with Crippen molar-refractivity contribution in [2.45, 2.75) is 26.1 Å². The molecule has 88 valence electrons. The van der Waals surface area contributed by atoms with Crippen LogP contribution in [0.5, 0.6) is 0 Å². The normalized spacial score (nSPS) is 24.9. The quantitative estimate of drug-likeness (QED) is 0.531. The summed E-state index contributed by atoms with van der Waals surface area (Å²) in [4.78, 5) is 0. The van der Waals surface area contributed by atoms with Crippen LogP contribution in [-0.4, -0.2) is 38.6 Å². The monoisotopic (exact) mass is 214 g/mol. The SMILES string of the molecule is C(OCC1CO1)C1CO1.C=CC.C=CC. The van der Waals surface area contributed by atoms with Gasteiger partial charge in [0.25, 0.3) is 0 Å². The molecule has 2 rings (SSSR count). The lowest BCUT2D eigenvalue weighted by Crippen LogP contribution is -2.06. The minimum absolute atomic E-state index is 0.392. The molecule has 0 aliphatic carbocycles.